The number of hydrogen-bond donors (Lipinski definition) is 0. The monoisotopic (exact) mass is 218 g/mol. The maximum absolute atomic E-state index is 11.0. The molecule has 1 unspecified atom stereocenters. The Kier molecular flexibility index (Phi) is 8.08. The maximum Gasteiger partial charge on any atom is 0.344 e. The van der Waals surface area contributed by atoms with E-state index < -0.39 is 18.7 Å². The zero-order chi connectivity index (χ0) is 11.5. The van der Waals surface area contributed by atoms with E-state index in [1.807, 2.05) is 0 Å². The van der Waals surface area contributed by atoms with Gasteiger partial charge in [-0.1, -0.05) is 6.58 Å². The summed E-state index contributed by atoms with van der Waals surface area (Å²) in [6.45, 7) is 3.44. The summed E-state index contributed by atoms with van der Waals surface area (Å²) in [5, 5.41) is 0. The van der Waals surface area contributed by atoms with Gasteiger partial charge in [0.15, 0.2) is 12.7 Å². The minimum atomic E-state index is -0.656. The average molecular weight is 218 g/mol. The molecule has 0 aliphatic rings. The van der Waals surface area contributed by atoms with Gasteiger partial charge < -0.3 is 18.9 Å². The van der Waals surface area contributed by atoms with Crippen LogP contribution in [-0.2, 0) is 28.5 Å². The predicted molar refractivity (Wildman–Crippen MR) is 49.9 cm³/mol. The van der Waals surface area contributed by atoms with Gasteiger partial charge in [0.25, 0.3) is 6.47 Å². The SMILES string of the molecule is C=COCC(COC)OC(=O)COC=O. The number of carbonyl (C=O) groups is 2. The summed E-state index contributed by atoms with van der Waals surface area (Å²) < 4.78 is 18.8. The average Bonchev–Trinajstić information content (AvgIpc) is 2.23. The predicted octanol–water partition coefficient (Wildman–Crippen LogP) is -0.122. The number of esters is 1. The van der Waals surface area contributed by atoms with Crippen molar-refractivity contribution in [1.82, 2.24) is 0 Å². The second kappa shape index (κ2) is 9.01. The van der Waals surface area contributed by atoms with Crippen molar-refractivity contribution < 1.29 is 28.5 Å². The summed E-state index contributed by atoms with van der Waals surface area (Å²) in [5.74, 6) is -0.656. The highest BCUT2D eigenvalue weighted by atomic mass is 16.6. The van der Waals surface area contributed by atoms with E-state index in [1.165, 1.54) is 13.4 Å². The van der Waals surface area contributed by atoms with Crippen molar-refractivity contribution in [2.24, 2.45) is 0 Å². The van der Waals surface area contributed by atoms with Crippen molar-refractivity contribution in [2.45, 2.75) is 6.10 Å². The summed E-state index contributed by atoms with van der Waals surface area (Å²) >= 11 is 0. The Morgan fingerprint density at radius 1 is 1.40 bits per heavy atom. The topological polar surface area (TPSA) is 71.1 Å². The van der Waals surface area contributed by atoms with Gasteiger partial charge in [0.05, 0.1) is 12.9 Å². The van der Waals surface area contributed by atoms with Gasteiger partial charge in [-0.15, -0.1) is 0 Å². The first-order valence-corrected chi connectivity index (χ1v) is 4.20. The highest BCUT2D eigenvalue weighted by molar-refractivity contribution is 5.72. The summed E-state index contributed by atoms with van der Waals surface area (Å²) in [5.41, 5.74) is 0. The molecule has 1 atom stereocenters. The van der Waals surface area contributed by atoms with Crippen LogP contribution in [0, 0.1) is 0 Å². The Morgan fingerprint density at radius 3 is 2.67 bits per heavy atom. The molecular formula is C9H14O6. The molecule has 0 spiro atoms. The highest BCUT2D eigenvalue weighted by Crippen LogP contribution is 1.96. The fourth-order valence-electron chi connectivity index (χ4n) is 0.799. The van der Waals surface area contributed by atoms with Gasteiger partial charge in [-0.2, -0.15) is 0 Å². The molecule has 0 N–H and O–H groups in total. The van der Waals surface area contributed by atoms with E-state index in [4.69, 9.17) is 14.2 Å². The van der Waals surface area contributed by atoms with Crippen molar-refractivity contribution in [3.63, 3.8) is 0 Å². The van der Waals surface area contributed by atoms with Gasteiger partial charge >= 0.3 is 5.97 Å². The van der Waals surface area contributed by atoms with Crippen molar-refractivity contribution in [1.29, 1.82) is 0 Å². The molecule has 0 saturated heterocycles. The number of rotatable bonds is 9. The van der Waals surface area contributed by atoms with Crippen LogP contribution in [0.2, 0.25) is 0 Å². The molecule has 0 aromatic rings. The largest absolute Gasteiger partial charge is 0.498 e. The minimum absolute atomic E-state index is 0.143. The zero-order valence-corrected chi connectivity index (χ0v) is 8.51. The van der Waals surface area contributed by atoms with Crippen molar-refractivity contribution in [3.05, 3.63) is 12.8 Å². The van der Waals surface area contributed by atoms with E-state index in [1.54, 1.807) is 0 Å². The Morgan fingerprint density at radius 2 is 2.13 bits per heavy atom. The summed E-state index contributed by atoms with van der Waals surface area (Å²) in [4.78, 5) is 20.8. The van der Waals surface area contributed by atoms with Crippen LogP contribution in [0.1, 0.15) is 0 Å². The molecule has 0 radical (unpaired) electrons. The van der Waals surface area contributed by atoms with Gasteiger partial charge in [-0.05, 0) is 0 Å². The Bertz CT molecular complexity index is 203. The van der Waals surface area contributed by atoms with Crippen molar-refractivity contribution >= 4 is 12.4 Å². The molecule has 0 aliphatic carbocycles. The standard InChI is InChI=1S/C9H14O6/c1-3-13-5-8(4-12-2)15-9(11)6-14-7-10/h3,7-8H,1,4-6H2,2H3. The van der Waals surface area contributed by atoms with Crippen LogP contribution >= 0.6 is 0 Å². The van der Waals surface area contributed by atoms with E-state index in [2.05, 4.69) is 11.3 Å². The fourth-order valence-corrected chi connectivity index (χ4v) is 0.799. The first-order valence-electron chi connectivity index (χ1n) is 4.20. The number of ether oxygens (including phenoxy) is 4. The van der Waals surface area contributed by atoms with Crippen LogP contribution in [0.3, 0.4) is 0 Å². The van der Waals surface area contributed by atoms with Crippen LogP contribution in [0.4, 0.5) is 0 Å². The fraction of sp³-hybridized carbons (Fsp3) is 0.556. The molecule has 6 nitrogen and oxygen atoms in total. The zero-order valence-electron chi connectivity index (χ0n) is 8.51. The Hall–Kier alpha value is -1.56. The summed E-state index contributed by atoms with van der Waals surface area (Å²) in [6, 6.07) is 0. The molecule has 0 bridgehead atoms. The lowest BCUT2D eigenvalue weighted by atomic mass is 10.4. The molecule has 0 fully saturated rings. The number of carbonyl (C=O) groups excluding carboxylic acids is 2. The van der Waals surface area contributed by atoms with Gasteiger partial charge in [-0.25, -0.2) is 4.79 Å². The molecule has 6 heteroatoms. The molecule has 0 aromatic heterocycles. The van der Waals surface area contributed by atoms with Crippen LogP contribution < -0.4 is 0 Å². The van der Waals surface area contributed by atoms with Gasteiger partial charge in [0.1, 0.15) is 6.61 Å². The summed E-state index contributed by atoms with van der Waals surface area (Å²) in [6.07, 6.45) is 0.689. The lowest BCUT2D eigenvalue weighted by molar-refractivity contribution is -0.161. The molecule has 0 heterocycles. The van der Waals surface area contributed by atoms with E-state index >= 15 is 0 Å². The van der Waals surface area contributed by atoms with Crippen LogP contribution in [-0.4, -0.2) is 45.5 Å². The van der Waals surface area contributed by atoms with E-state index in [9.17, 15) is 9.59 Å². The second-order valence-corrected chi connectivity index (χ2v) is 2.47. The number of methoxy groups -OCH3 is 1. The third-order valence-electron chi connectivity index (χ3n) is 1.32. The first-order chi connectivity index (χ1) is 7.24. The molecular weight excluding hydrogens is 204 g/mol. The van der Waals surface area contributed by atoms with Gasteiger partial charge in [-0.3, -0.25) is 4.79 Å². The second-order valence-electron chi connectivity index (χ2n) is 2.47. The Labute approximate surface area is 87.7 Å². The molecule has 0 aromatic carbocycles. The van der Waals surface area contributed by atoms with E-state index in [0.717, 1.165) is 0 Å². The molecule has 15 heavy (non-hydrogen) atoms. The van der Waals surface area contributed by atoms with Crippen molar-refractivity contribution in [2.75, 3.05) is 26.9 Å². The molecule has 0 amide bonds. The third kappa shape index (κ3) is 7.51. The smallest absolute Gasteiger partial charge is 0.344 e. The van der Waals surface area contributed by atoms with Crippen LogP contribution in [0.5, 0.6) is 0 Å². The van der Waals surface area contributed by atoms with Gasteiger partial charge in [0, 0.05) is 7.11 Å². The Balaban J connectivity index is 3.85. The molecule has 0 aliphatic heterocycles. The number of hydrogen-bond acceptors (Lipinski definition) is 6. The summed E-state index contributed by atoms with van der Waals surface area (Å²) in [7, 11) is 1.47. The third-order valence-corrected chi connectivity index (χ3v) is 1.32. The highest BCUT2D eigenvalue weighted by Gasteiger charge is 2.14. The van der Waals surface area contributed by atoms with Gasteiger partial charge in [0.2, 0.25) is 0 Å². The van der Waals surface area contributed by atoms with Crippen molar-refractivity contribution in [3.8, 4) is 0 Å². The molecule has 0 rings (SSSR count). The lowest BCUT2D eigenvalue weighted by Gasteiger charge is -2.15. The van der Waals surface area contributed by atoms with Crippen LogP contribution in [0.15, 0.2) is 12.8 Å². The van der Waals surface area contributed by atoms with E-state index in [0.29, 0.717) is 0 Å². The lowest BCUT2D eigenvalue weighted by Crippen LogP contribution is -2.29. The van der Waals surface area contributed by atoms with Crippen LogP contribution in [0.25, 0.3) is 0 Å². The quantitative estimate of drug-likeness (QED) is 0.305. The molecule has 0 saturated carbocycles. The van der Waals surface area contributed by atoms with E-state index in [-0.39, 0.29) is 19.7 Å². The normalized spacial score (nSPS) is 11.3. The maximum atomic E-state index is 11.0. The first kappa shape index (κ1) is 13.4. The molecule has 86 valence electrons. The minimum Gasteiger partial charge on any atom is -0.498 e.